The van der Waals surface area contributed by atoms with Crippen molar-refractivity contribution in [3.63, 3.8) is 0 Å². The van der Waals surface area contributed by atoms with Crippen LogP contribution in [0, 0.1) is 12.8 Å². The highest BCUT2D eigenvalue weighted by Gasteiger charge is 2.29. The van der Waals surface area contributed by atoms with Crippen LogP contribution in [0.15, 0.2) is 35.1 Å². The highest BCUT2D eigenvalue weighted by atomic mass is 16.5. The van der Waals surface area contributed by atoms with E-state index in [1.165, 1.54) is 13.4 Å². The maximum atomic E-state index is 12.9. The fraction of sp³-hybridized carbons (Fsp3) is 0.350. The van der Waals surface area contributed by atoms with Gasteiger partial charge in [0, 0.05) is 13.1 Å². The van der Waals surface area contributed by atoms with E-state index in [1.807, 2.05) is 6.92 Å². The molecular weight excluding hydrogens is 374 g/mol. The largest absolute Gasteiger partial charge is 0.465 e. The van der Waals surface area contributed by atoms with Crippen molar-refractivity contribution < 1.29 is 18.8 Å². The molecule has 1 N–H and O–H groups in total. The Hall–Kier alpha value is -3.49. The fourth-order valence-electron chi connectivity index (χ4n) is 3.64. The quantitative estimate of drug-likeness (QED) is 0.671. The lowest BCUT2D eigenvalue weighted by Crippen LogP contribution is -2.41. The first-order chi connectivity index (χ1) is 14.1. The molecule has 1 saturated heterocycles. The van der Waals surface area contributed by atoms with Gasteiger partial charge in [0.25, 0.3) is 5.71 Å². The van der Waals surface area contributed by atoms with Crippen LogP contribution in [0.2, 0.25) is 0 Å². The third kappa shape index (κ3) is 3.63. The number of carbonyl (C=O) groups is 2. The summed E-state index contributed by atoms with van der Waals surface area (Å²) in [6.07, 6.45) is 3.03. The number of aryl methyl sites for hydroxylation is 1. The van der Waals surface area contributed by atoms with E-state index in [2.05, 4.69) is 25.3 Å². The Labute approximate surface area is 167 Å². The molecule has 0 aliphatic carbocycles. The number of ether oxygens (including phenoxy) is 1. The molecule has 150 valence electrons. The minimum atomic E-state index is -0.488. The topological polar surface area (TPSA) is 110 Å². The van der Waals surface area contributed by atoms with Crippen molar-refractivity contribution in [3.8, 4) is 0 Å². The van der Waals surface area contributed by atoms with Crippen LogP contribution in [-0.2, 0) is 9.53 Å². The van der Waals surface area contributed by atoms with Gasteiger partial charge in [-0.05, 0) is 31.9 Å². The number of carbonyl (C=O) groups excluding carboxylic acids is 2. The molecule has 0 radical (unpaired) electrons. The van der Waals surface area contributed by atoms with Crippen molar-refractivity contribution >= 4 is 34.5 Å². The first kappa shape index (κ1) is 18.9. The predicted octanol–water partition coefficient (Wildman–Crippen LogP) is 2.57. The lowest BCUT2D eigenvalue weighted by Gasteiger charge is -2.33. The predicted molar refractivity (Wildman–Crippen MR) is 106 cm³/mol. The summed E-state index contributed by atoms with van der Waals surface area (Å²) in [4.78, 5) is 35.5. The molecular formula is C20H21N5O4. The second kappa shape index (κ2) is 7.86. The van der Waals surface area contributed by atoms with Crippen LogP contribution < -0.4 is 10.2 Å². The Balaban J connectivity index is 1.54. The molecule has 1 aliphatic heterocycles. The Morgan fingerprint density at radius 2 is 2.10 bits per heavy atom. The zero-order valence-corrected chi connectivity index (χ0v) is 16.2. The summed E-state index contributed by atoms with van der Waals surface area (Å²) in [6.45, 7) is 3.12. The highest BCUT2D eigenvalue weighted by Crippen LogP contribution is 2.30. The molecule has 4 rings (SSSR count). The van der Waals surface area contributed by atoms with Gasteiger partial charge < -0.3 is 19.5 Å². The minimum absolute atomic E-state index is 0.140. The van der Waals surface area contributed by atoms with Crippen LogP contribution in [-0.4, -0.2) is 47.2 Å². The van der Waals surface area contributed by atoms with E-state index >= 15 is 0 Å². The lowest BCUT2D eigenvalue weighted by atomic mass is 9.96. The molecule has 1 aliphatic rings. The number of hydrogen-bond donors (Lipinski definition) is 1. The van der Waals surface area contributed by atoms with Crippen LogP contribution in [0.25, 0.3) is 11.1 Å². The number of para-hydroxylation sites is 1. The van der Waals surface area contributed by atoms with Gasteiger partial charge in [-0.25, -0.2) is 9.78 Å². The molecule has 1 fully saturated rings. The van der Waals surface area contributed by atoms with Gasteiger partial charge in [0.15, 0.2) is 0 Å². The van der Waals surface area contributed by atoms with E-state index < -0.39 is 5.97 Å². The summed E-state index contributed by atoms with van der Waals surface area (Å²) in [5, 5.41) is 7.62. The molecule has 3 aromatic rings. The van der Waals surface area contributed by atoms with Crippen molar-refractivity contribution in [2.45, 2.75) is 19.8 Å². The monoisotopic (exact) mass is 395 g/mol. The average Bonchev–Trinajstić information content (AvgIpc) is 3.15. The van der Waals surface area contributed by atoms with E-state index in [4.69, 9.17) is 9.26 Å². The normalized spacial score (nSPS) is 16.6. The van der Waals surface area contributed by atoms with Crippen molar-refractivity contribution in [2.24, 2.45) is 5.92 Å². The lowest BCUT2D eigenvalue weighted by molar-refractivity contribution is -0.120. The summed E-state index contributed by atoms with van der Waals surface area (Å²) >= 11 is 0. The minimum Gasteiger partial charge on any atom is -0.465 e. The fourth-order valence-corrected chi connectivity index (χ4v) is 3.64. The number of methoxy groups -OCH3 is 1. The summed E-state index contributed by atoms with van der Waals surface area (Å²) in [6, 6.07) is 6.81. The number of piperidine rings is 1. The second-order valence-electron chi connectivity index (χ2n) is 6.96. The number of nitrogens with zero attached hydrogens (tertiary/aromatic N) is 4. The molecule has 9 heteroatoms. The number of benzene rings is 1. The molecule has 1 atom stereocenters. The zero-order chi connectivity index (χ0) is 20.4. The number of hydrogen-bond acceptors (Lipinski definition) is 8. The number of esters is 1. The van der Waals surface area contributed by atoms with Crippen LogP contribution >= 0.6 is 0 Å². The van der Waals surface area contributed by atoms with Gasteiger partial charge in [-0.15, -0.1) is 0 Å². The van der Waals surface area contributed by atoms with E-state index in [-0.39, 0.29) is 11.8 Å². The number of nitrogens with one attached hydrogen (secondary N) is 1. The van der Waals surface area contributed by atoms with Gasteiger partial charge in [-0.1, -0.05) is 17.3 Å². The number of fused-ring (bicyclic) bond motifs is 1. The van der Waals surface area contributed by atoms with E-state index in [0.717, 1.165) is 30.6 Å². The number of amides is 1. The molecule has 1 unspecified atom stereocenters. The first-order valence-electron chi connectivity index (χ1n) is 9.38. The molecule has 2 aromatic heterocycles. The van der Waals surface area contributed by atoms with Crippen LogP contribution in [0.4, 0.5) is 11.5 Å². The standard InChI is InChI=1S/C20H21N5O4/c1-12-16-17(21-11-22-19(16)29-24-12)25-9-5-6-13(10-25)18(26)23-15-8-4-3-7-14(15)20(27)28-2/h3-4,7-8,11,13H,5-6,9-10H2,1-2H3,(H,23,26). The third-order valence-electron chi connectivity index (χ3n) is 5.11. The Morgan fingerprint density at radius 3 is 2.93 bits per heavy atom. The summed E-state index contributed by atoms with van der Waals surface area (Å²) in [5.74, 6) is -0.156. The van der Waals surface area contributed by atoms with Crippen molar-refractivity contribution in [3.05, 3.63) is 41.9 Å². The maximum Gasteiger partial charge on any atom is 0.339 e. The maximum absolute atomic E-state index is 12.9. The molecule has 3 heterocycles. The number of anilines is 2. The zero-order valence-electron chi connectivity index (χ0n) is 16.2. The Kier molecular flexibility index (Phi) is 5.11. The molecule has 1 amide bonds. The highest BCUT2D eigenvalue weighted by molar-refractivity contribution is 6.02. The van der Waals surface area contributed by atoms with Crippen molar-refractivity contribution in [2.75, 3.05) is 30.4 Å². The van der Waals surface area contributed by atoms with Crippen LogP contribution in [0.1, 0.15) is 28.9 Å². The number of rotatable bonds is 4. The Bertz CT molecular complexity index is 1060. The van der Waals surface area contributed by atoms with Crippen molar-refractivity contribution in [1.29, 1.82) is 0 Å². The average molecular weight is 395 g/mol. The van der Waals surface area contributed by atoms with Crippen LogP contribution in [0.5, 0.6) is 0 Å². The molecule has 0 spiro atoms. The van der Waals surface area contributed by atoms with Gasteiger partial charge in [0.05, 0.1) is 30.0 Å². The van der Waals surface area contributed by atoms with E-state index in [1.54, 1.807) is 24.3 Å². The smallest absolute Gasteiger partial charge is 0.339 e. The van der Waals surface area contributed by atoms with Gasteiger partial charge in [-0.2, -0.15) is 4.98 Å². The summed E-state index contributed by atoms with van der Waals surface area (Å²) in [5.41, 5.74) is 1.93. The van der Waals surface area contributed by atoms with Gasteiger partial charge >= 0.3 is 5.97 Å². The summed E-state index contributed by atoms with van der Waals surface area (Å²) < 4.78 is 10.0. The van der Waals surface area contributed by atoms with E-state index in [9.17, 15) is 9.59 Å². The molecule has 0 bridgehead atoms. The first-order valence-corrected chi connectivity index (χ1v) is 9.38. The van der Waals surface area contributed by atoms with Crippen LogP contribution in [0.3, 0.4) is 0 Å². The SMILES string of the molecule is COC(=O)c1ccccc1NC(=O)C1CCCN(c2ncnc3onc(C)c23)C1. The van der Waals surface area contributed by atoms with E-state index in [0.29, 0.717) is 29.2 Å². The molecule has 1 aromatic carbocycles. The second-order valence-corrected chi connectivity index (χ2v) is 6.96. The number of aromatic nitrogens is 3. The molecule has 29 heavy (non-hydrogen) atoms. The third-order valence-corrected chi connectivity index (χ3v) is 5.11. The molecule has 9 nitrogen and oxygen atoms in total. The van der Waals surface area contributed by atoms with Gasteiger partial charge in [0.1, 0.15) is 17.5 Å². The summed E-state index contributed by atoms with van der Waals surface area (Å²) in [7, 11) is 1.31. The van der Waals surface area contributed by atoms with Gasteiger partial charge in [0.2, 0.25) is 5.91 Å². The Morgan fingerprint density at radius 1 is 1.28 bits per heavy atom. The molecule has 0 saturated carbocycles. The van der Waals surface area contributed by atoms with Gasteiger partial charge in [-0.3, -0.25) is 4.79 Å². The van der Waals surface area contributed by atoms with Crippen molar-refractivity contribution in [1.82, 2.24) is 15.1 Å².